The van der Waals surface area contributed by atoms with Crippen LogP contribution in [0.5, 0.6) is 0 Å². The highest BCUT2D eigenvalue weighted by atomic mass is 35.5. The van der Waals surface area contributed by atoms with Gasteiger partial charge >= 0.3 is 0 Å². The molecule has 0 unspecified atom stereocenters. The van der Waals surface area contributed by atoms with Crippen molar-refractivity contribution in [2.45, 2.75) is 19.4 Å². The van der Waals surface area contributed by atoms with Crippen LogP contribution in [0.4, 0.5) is 0 Å². The number of halogens is 1. The van der Waals surface area contributed by atoms with Crippen molar-refractivity contribution in [3.63, 3.8) is 0 Å². The van der Waals surface area contributed by atoms with Crippen LogP contribution in [0.1, 0.15) is 12.8 Å². The van der Waals surface area contributed by atoms with Gasteiger partial charge in [-0.05, 0) is 31.8 Å². The molecule has 0 atom stereocenters. The van der Waals surface area contributed by atoms with Crippen LogP contribution in [0, 0.1) is 5.92 Å². The molecular formula is C8H15ClN4. The lowest BCUT2D eigenvalue weighted by Crippen LogP contribution is -2.29. The highest BCUT2D eigenvalue weighted by Gasteiger charge is 2.12. The molecule has 0 spiro atoms. The number of rotatable bonds is 2. The summed E-state index contributed by atoms with van der Waals surface area (Å²) in [6.07, 6.45) is 6.14. The molecule has 1 saturated heterocycles. The molecule has 0 radical (unpaired) electrons. The Balaban J connectivity index is 0.000000845. The Morgan fingerprint density at radius 1 is 1.23 bits per heavy atom. The normalized spacial score (nSPS) is 18.2. The summed E-state index contributed by atoms with van der Waals surface area (Å²) in [7, 11) is 0. The molecule has 2 heterocycles. The van der Waals surface area contributed by atoms with Crippen molar-refractivity contribution in [2.75, 3.05) is 13.1 Å². The van der Waals surface area contributed by atoms with Crippen molar-refractivity contribution >= 4 is 12.4 Å². The summed E-state index contributed by atoms with van der Waals surface area (Å²) in [5.74, 6) is 0.808. The first kappa shape index (κ1) is 10.5. The monoisotopic (exact) mass is 202 g/mol. The zero-order valence-electron chi connectivity index (χ0n) is 7.52. The Bertz CT molecular complexity index is 218. The second-order valence-electron chi connectivity index (χ2n) is 3.35. The van der Waals surface area contributed by atoms with E-state index >= 15 is 0 Å². The van der Waals surface area contributed by atoms with Gasteiger partial charge in [0.25, 0.3) is 0 Å². The number of hydrogen-bond donors (Lipinski definition) is 1. The summed E-state index contributed by atoms with van der Waals surface area (Å²) in [5.41, 5.74) is 0. The third-order valence-corrected chi connectivity index (χ3v) is 2.39. The van der Waals surface area contributed by atoms with Crippen LogP contribution in [-0.4, -0.2) is 27.9 Å². The molecule has 0 amide bonds. The van der Waals surface area contributed by atoms with E-state index in [0.717, 1.165) is 25.6 Å². The van der Waals surface area contributed by atoms with E-state index in [4.69, 9.17) is 0 Å². The van der Waals surface area contributed by atoms with E-state index in [9.17, 15) is 0 Å². The van der Waals surface area contributed by atoms with Gasteiger partial charge in [-0.15, -0.1) is 22.6 Å². The Labute approximate surface area is 84.1 Å². The number of hydrogen-bond acceptors (Lipinski definition) is 3. The van der Waals surface area contributed by atoms with Gasteiger partial charge in [-0.3, -0.25) is 0 Å². The second kappa shape index (κ2) is 5.19. The smallest absolute Gasteiger partial charge is 0.119 e. The summed E-state index contributed by atoms with van der Waals surface area (Å²) in [6.45, 7) is 3.40. The Hall–Kier alpha value is -0.610. The maximum atomic E-state index is 3.79. The largest absolute Gasteiger partial charge is 0.320 e. The predicted octanol–water partition coefficient (Wildman–Crippen LogP) is 0.700. The van der Waals surface area contributed by atoms with E-state index in [-0.39, 0.29) is 12.4 Å². The van der Waals surface area contributed by atoms with Crippen LogP contribution >= 0.6 is 12.4 Å². The molecule has 0 aliphatic carbocycles. The SMILES string of the molecule is Cl.c1nncn1CC1CCNCC1. The van der Waals surface area contributed by atoms with E-state index < -0.39 is 0 Å². The van der Waals surface area contributed by atoms with Crippen LogP contribution in [0.25, 0.3) is 0 Å². The summed E-state index contributed by atoms with van der Waals surface area (Å²) < 4.78 is 2.07. The molecule has 13 heavy (non-hydrogen) atoms. The molecule has 1 fully saturated rings. The maximum Gasteiger partial charge on any atom is 0.119 e. The van der Waals surface area contributed by atoms with E-state index in [2.05, 4.69) is 20.1 Å². The van der Waals surface area contributed by atoms with Crippen LogP contribution < -0.4 is 5.32 Å². The molecule has 1 aromatic heterocycles. The van der Waals surface area contributed by atoms with Gasteiger partial charge < -0.3 is 9.88 Å². The lowest BCUT2D eigenvalue weighted by atomic mass is 9.98. The molecule has 2 rings (SSSR count). The molecule has 1 aliphatic rings. The molecule has 74 valence electrons. The van der Waals surface area contributed by atoms with Crippen molar-refractivity contribution in [2.24, 2.45) is 5.92 Å². The van der Waals surface area contributed by atoms with E-state index in [1.165, 1.54) is 12.8 Å². The van der Waals surface area contributed by atoms with Crippen molar-refractivity contribution in [3.8, 4) is 0 Å². The van der Waals surface area contributed by atoms with Crippen LogP contribution in [0.15, 0.2) is 12.7 Å². The molecular weight excluding hydrogens is 188 g/mol. The number of piperidine rings is 1. The van der Waals surface area contributed by atoms with Gasteiger partial charge in [0.2, 0.25) is 0 Å². The first-order chi connectivity index (χ1) is 5.95. The van der Waals surface area contributed by atoms with Gasteiger partial charge in [0, 0.05) is 6.54 Å². The molecule has 4 nitrogen and oxygen atoms in total. The molecule has 0 aromatic carbocycles. The highest BCUT2D eigenvalue weighted by molar-refractivity contribution is 5.85. The highest BCUT2D eigenvalue weighted by Crippen LogP contribution is 2.13. The maximum absolute atomic E-state index is 3.79. The Morgan fingerprint density at radius 3 is 2.46 bits per heavy atom. The summed E-state index contributed by atoms with van der Waals surface area (Å²) in [5, 5.41) is 10.9. The molecule has 1 aliphatic heterocycles. The van der Waals surface area contributed by atoms with Gasteiger partial charge in [-0.2, -0.15) is 0 Å². The van der Waals surface area contributed by atoms with Gasteiger partial charge in [0.1, 0.15) is 12.7 Å². The third-order valence-electron chi connectivity index (χ3n) is 2.39. The zero-order chi connectivity index (χ0) is 8.23. The van der Waals surface area contributed by atoms with Crippen LogP contribution in [0.3, 0.4) is 0 Å². The second-order valence-corrected chi connectivity index (χ2v) is 3.35. The fourth-order valence-electron chi connectivity index (χ4n) is 1.68. The van der Waals surface area contributed by atoms with E-state index in [0.29, 0.717) is 0 Å². The summed E-state index contributed by atoms with van der Waals surface area (Å²) in [4.78, 5) is 0. The fraction of sp³-hybridized carbons (Fsp3) is 0.750. The van der Waals surface area contributed by atoms with Crippen LogP contribution in [0.2, 0.25) is 0 Å². The van der Waals surface area contributed by atoms with Gasteiger partial charge in [-0.1, -0.05) is 0 Å². The minimum Gasteiger partial charge on any atom is -0.320 e. The molecule has 0 bridgehead atoms. The van der Waals surface area contributed by atoms with E-state index in [1.807, 2.05) is 0 Å². The van der Waals surface area contributed by atoms with E-state index in [1.54, 1.807) is 12.7 Å². The van der Waals surface area contributed by atoms with Gasteiger partial charge in [-0.25, -0.2) is 0 Å². The topological polar surface area (TPSA) is 42.7 Å². The Kier molecular flexibility index (Phi) is 4.18. The van der Waals surface area contributed by atoms with Gasteiger partial charge in [0.05, 0.1) is 0 Å². The average molecular weight is 203 g/mol. The van der Waals surface area contributed by atoms with Crippen molar-refractivity contribution in [1.29, 1.82) is 0 Å². The first-order valence-corrected chi connectivity index (χ1v) is 4.48. The van der Waals surface area contributed by atoms with Crippen molar-refractivity contribution < 1.29 is 0 Å². The average Bonchev–Trinajstić information content (AvgIpc) is 2.59. The number of nitrogens with one attached hydrogen (secondary N) is 1. The summed E-state index contributed by atoms with van der Waals surface area (Å²) in [6, 6.07) is 0. The molecule has 5 heteroatoms. The molecule has 0 saturated carbocycles. The molecule has 1 N–H and O–H groups in total. The first-order valence-electron chi connectivity index (χ1n) is 4.48. The predicted molar refractivity (Wildman–Crippen MR) is 52.9 cm³/mol. The minimum atomic E-state index is 0. The Morgan fingerprint density at radius 2 is 1.85 bits per heavy atom. The van der Waals surface area contributed by atoms with Crippen molar-refractivity contribution in [1.82, 2.24) is 20.1 Å². The number of aromatic nitrogens is 3. The minimum absolute atomic E-state index is 0. The summed E-state index contributed by atoms with van der Waals surface area (Å²) >= 11 is 0. The lowest BCUT2D eigenvalue weighted by Gasteiger charge is -2.22. The fourth-order valence-corrected chi connectivity index (χ4v) is 1.68. The number of nitrogens with zero attached hydrogens (tertiary/aromatic N) is 3. The lowest BCUT2D eigenvalue weighted by molar-refractivity contribution is 0.333. The standard InChI is InChI=1S/C8H14N4.ClH/c1-3-9-4-2-8(1)5-12-6-10-11-7-12;/h6-9H,1-5H2;1H. The zero-order valence-corrected chi connectivity index (χ0v) is 8.33. The third kappa shape index (κ3) is 2.97. The molecule has 1 aromatic rings. The van der Waals surface area contributed by atoms with Crippen LogP contribution in [-0.2, 0) is 6.54 Å². The van der Waals surface area contributed by atoms with Crippen molar-refractivity contribution in [3.05, 3.63) is 12.7 Å². The quantitative estimate of drug-likeness (QED) is 0.768. The van der Waals surface area contributed by atoms with Gasteiger partial charge in [0.15, 0.2) is 0 Å².